The van der Waals surface area contributed by atoms with Gasteiger partial charge in [0.25, 0.3) is 0 Å². The van der Waals surface area contributed by atoms with Crippen molar-refractivity contribution in [2.24, 2.45) is 0 Å². The van der Waals surface area contributed by atoms with E-state index in [2.05, 4.69) is 74.1 Å². The molecule has 0 spiro atoms. The molecule has 1 rings (SSSR count). The smallest absolute Gasteiger partial charge is 0.153 e. The fourth-order valence-corrected chi connectivity index (χ4v) is 3.73. The molecular formula is C25H43NO4. The minimum atomic E-state index is -0.258. The van der Waals surface area contributed by atoms with E-state index in [-0.39, 0.29) is 28.0 Å². The molecule has 0 saturated heterocycles. The number of carbonyl (C=O) groups is 1. The quantitative estimate of drug-likeness (QED) is 0.471. The SMILES string of the molecule is CC(C)(C)OCCC(C)(C)N(c1ccc(C=O)c(O)c1)C(C)(C)CCOC(C)(C)C. The molecular weight excluding hydrogens is 378 g/mol. The van der Waals surface area contributed by atoms with Crippen molar-refractivity contribution >= 4 is 12.0 Å². The van der Waals surface area contributed by atoms with Crippen LogP contribution in [0.2, 0.25) is 0 Å². The second-order valence-electron chi connectivity index (χ2n) is 11.2. The summed E-state index contributed by atoms with van der Waals surface area (Å²) in [5, 5.41) is 10.3. The van der Waals surface area contributed by atoms with Gasteiger partial charge in [-0.3, -0.25) is 4.79 Å². The molecule has 0 aliphatic heterocycles. The molecule has 1 aromatic rings. The number of aromatic hydroxyl groups is 1. The molecule has 0 atom stereocenters. The Labute approximate surface area is 183 Å². The van der Waals surface area contributed by atoms with E-state index in [9.17, 15) is 9.90 Å². The Bertz CT molecular complexity index is 664. The van der Waals surface area contributed by atoms with E-state index in [1.807, 2.05) is 6.07 Å². The van der Waals surface area contributed by atoms with E-state index in [0.29, 0.717) is 25.1 Å². The van der Waals surface area contributed by atoms with Crippen LogP contribution in [0, 0.1) is 0 Å². The zero-order chi connectivity index (χ0) is 23.4. The van der Waals surface area contributed by atoms with Crippen LogP contribution in [-0.4, -0.2) is 46.9 Å². The van der Waals surface area contributed by atoms with Gasteiger partial charge in [0.15, 0.2) is 6.29 Å². The zero-order valence-corrected chi connectivity index (χ0v) is 20.8. The number of ether oxygens (including phenoxy) is 2. The number of benzene rings is 1. The van der Waals surface area contributed by atoms with E-state index in [0.717, 1.165) is 18.5 Å². The van der Waals surface area contributed by atoms with E-state index < -0.39 is 0 Å². The summed E-state index contributed by atoms with van der Waals surface area (Å²) in [5.41, 5.74) is 0.264. The van der Waals surface area contributed by atoms with Gasteiger partial charge in [0.05, 0.1) is 16.8 Å². The van der Waals surface area contributed by atoms with E-state index in [1.165, 1.54) is 0 Å². The van der Waals surface area contributed by atoms with Crippen molar-refractivity contribution in [2.45, 2.75) is 104 Å². The van der Waals surface area contributed by atoms with Crippen molar-refractivity contribution in [1.82, 2.24) is 0 Å². The Balaban J connectivity index is 3.23. The van der Waals surface area contributed by atoms with Crippen molar-refractivity contribution in [3.8, 4) is 5.75 Å². The van der Waals surface area contributed by atoms with Gasteiger partial charge in [0.2, 0.25) is 0 Å². The minimum absolute atomic E-state index is 0.00372. The average molecular weight is 422 g/mol. The molecule has 0 aliphatic carbocycles. The van der Waals surface area contributed by atoms with Gasteiger partial charge in [-0.15, -0.1) is 0 Å². The van der Waals surface area contributed by atoms with Crippen LogP contribution < -0.4 is 4.90 Å². The Kier molecular flexibility index (Phi) is 8.54. The van der Waals surface area contributed by atoms with Crippen molar-refractivity contribution in [3.05, 3.63) is 23.8 Å². The third kappa shape index (κ3) is 8.27. The molecule has 172 valence electrons. The Morgan fingerprint density at radius 3 is 1.60 bits per heavy atom. The lowest BCUT2D eigenvalue weighted by Crippen LogP contribution is -2.57. The molecule has 0 saturated carbocycles. The molecule has 0 heterocycles. The summed E-state index contributed by atoms with van der Waals surface area (Å²) in [4.78, 5) is 13.5. The number of carbonyl (C=O) groups excluding carboxylic acids is 1. The number of anilines is 1. The average Bonchev–Trinajstić information content (AvgIpc) is 2.51. The van der Waals surface area contributed by atoms with Gasteiger partial charge in [-0.2, -0.15) is 0 Å². The minimum Gasteiger partial charge on any atom is -0.507 e. The van der Waals surface area contributed by atoms with Crippen LogP contribution in [0.4, 0.5) is 5.69 Å². The lowest BCUT2D eigenvalue weighted by molar-refractivity contribution is -0.0156. The maximum absolute atomic E-state index is 11.2. The van der Waals surface area contributed by atoms with Crippen LogP contribution in [0.25, 0.3) is 0 Å². The van der Waals surface area contributed by atoms with E-state index in [1.54, 1.807) is 12.1 Å². The summed E-state index contributed by atoms with van der Waals surface area (Å²) < 4.78 is 12.0. The molecule has 1 aromatic carbocycles. The first-order chi connectivity index (χ1) is 13.5. The summed E-state index contributed by atoms with van der Waals surface area (Å²) in [6.07, 6.45) is 2.29. The highest BCUT2D eigenvalue weighted by atomic mass is 16.5. The number of hydrogen-bond donors (Lipinski definition) is 1. The van der Waals surface area contributed by atoms with Crippen LogP contribution in [0.1, 0.15) is 92.4 Å². The summed E-state index contributed by atoms with van der Waals surface area (Å²) in [7, 11) is 0. The third-order valence-electron chi connectivity index (χ3n) is 5.11. The molecule has 0 amide bonds. The fraction of sp³-hybridized carbons (Fsp3) is 0.720. The van der Waals surface area contributed by atoms with Gasteiger partial charge < -0.3 is 19.5 Å². The fourth-order valence-electron chi connectivity index (χ4n) is 3.73. The highest BCUT2D eigenvalue weighted by molar-refractivity contribution is 5.80. The van der Waals surface area contributed by atoms with Crippen molar-refractivity contribution < 1.29 is 19.4 Å². The maximum Gasteiger partial charge on any atom is 0.153 e. The van der Waals surface area contributed by atoms with Crippen LogP contribution in [-0.2, 0) is 9.47 Å². The lowest BCUT2D eigenvalue weighted by atomic mass is 9.87. The molecule has 0 unspecified atom stereocenters. The Morgan fingerprint density at radius 1 is 0.833 bits per heavy atom. The standard InChI is InChI=1S/C25H43NO4/c1-22(2,3)29-15-13-24(7,8)26(20-12-11-19(18-27)21(28)17-20)25(9,10)14-16-30-23(4,5)6/h11-12,17-18,28H,13-16H2,1-10H3. The summed E-state index contributed by atoms with van der Waals surface area (Å²) in [5.74, 6) is -0.00372. The maximum atomic E-state index is 11.2. The van der Waals surface area contributed by atoms with Gasteiger partial charge in [0.1, 0.15) is 5.75 Å². The van der Waals surface area contributed by atoms with Crippen molar-refractivity contribution in [2.75, 3.05) is 18.1 Å². The number of nitrogens with zero attached hydrogens (tertiary/aromatic N) is 1. The monoisotopic (exact) mass is 421 g/mol. The lowest BCUT2D eigenvalue weighted by Gasteiger charge is -2.51. The first kappa shape index (κ1) is 26.4. The molecule has 0 aliphatic rings. The molecule has 0 fully saturated rings. The number of phenols is 1. The predicted octanol–water partition coefficient (Wildman–Crippen LogP) is 5.98. The molecule has 0 radical (unpaired) electrons. The summed E-state index contributed by atoms with van der Waals surface area (Å²) in [6.45, 7) is 22.4. The molecule has 5 nitrogen and oxygen atoms in total. The molecule has 30 heavy (non-hydrogen) atoms. The predicted molar refractivity (Wildman–Crippen MR) is 125 cm³/mol. The van der Waals surface area contributed by atoms with Crippen molar-refractivity contribution in [3.63, 3.8) is 0 Å². The third-order valence-corrected chi connectivity index (χ3v) is 5.11. The molecule has 1 N–H and O–H groups in total. The van der Waals surface area contributed by atoms with Gasteiger partial charge in [-0.05, 0) is 94.2 Å². The number of rotatable bonds is 10. The summed E-state index contributed by atoms with van der Waals surface area (Å²) in [6, 6.07) is 5.26. The van der Waals surface area contributed by atoms with Crippen LogP contribution in [0.3, 0.4) is 0 Å². The summed E-state index contributed by atoms with van der Waals surface area (Å²) >= 11 is 0. The molecule has 5 heteroatoms. The van der Waals surface area contributed by atoms with Gasteiger partial charge in [-0.1, -0.05) is 0 Å². The topological polar surface area (TPSA) is 59.0 Å². The van der Waals surface area contributed by atoms with Gasteiger partial charge >= 0.3 is 0 Å². The second-order valence-corrected chi connectivity index (χ2v) is 11.2. The van der Waals surface area contributed by atoms with Gasteiger partial charge in [0, 0.05) is 36.0 Å². The number of phenolic OH excluding ortho intramolecular Hbond substituents is 1. The first-order valence-corrected chi connectivity index (χ1v) is 10.8. The molecule has 0 bridgehead atoms. The van der Waals surface area contributed by atoms with E-state index >= 15 is 0 Å². The normalized spacial score (nSPS) is 13.4. The van der Waals surface area contributed by atoms with Crippen LogP contribution in [0.5, 0.6) is 5.75 Å². The zero-order valence-electron chi connectivity index (χ0n) is 20.8. The highest BCUT2D eigenvalue weighted by Gasteiger charge is 2.38. The Hall–Kier alpha value is -1.59. The Morgan fingerprint density at radius 2 is 1.27 bits per heavy atom. The molecule has 0 aromatic heterocycles. The van der Waals surface area contributed by atoms with Crippen molar-refractivity contribution in [1.29, 1.82) is 0 Å². The largest absolute Gasteiger partial charge is 0.507 e. The van der Waals surface area contributed by atoms with Gasteiger partial charge in [-0.25, -0.2) is 0 Å². The number of hydrogen-bond acceptors (Lipinski definition) is 5. The van der Waals surface area contributed by atoms with Crippen LogP contribution >= 0.6 is 0 Å². The van der Waals surface area contributed by atoms with Crippen LogP contribution in [0.15, 0.2) is 18.2 Å². The highest BCUT2D eigenvalue weighted by Crippen LogP contribution is 2.38. The van der Waals surface area contributed by atoms with E-state index in [4.69, 9.17) is 9.47 Å². The first-order valence-electron chi connectivity index (χ1n) is 10.8. The number of aldehydes is 1. The second kappa shape index (κ2) is 9.69.